The van der Waals surface area contributed by atoms with Gasteiger partial charge in [0.05, 0.1) is 24.8 Å². The molecule has 2 saturated heterocycles. The van der Waals surface area contributed by atoms with Crippen LogP contribution in [0.2, 0.25) is 0 Å². The van der Waals surface area contributed by atoms with E-state index in [1.165, 1.54) is 6.07 Å². The van der Waals surface area contributed by atoms with Gasteiger partial charge in [-0.05, 0) is 49.7 Å². The van der Waals surface area contributed by atoms with Crippen LogP contribution in [0.5, 0.6) is 11.5 Å². The highest BCUT2D eigenvalue weighted by molar-refractivity contribution is 5.69. The van der Waals surface area contributed by atoms with Crippen LogP contribution in [0.1, 0.15) is 33.1 Å². The Bertz CT molecular complexity index is 1000. The number of hydrogen-bond acceptors (Lipinski definition) is 6. The van der Waals surface area contributed by atoms with Crippen molar-refractivity contribution in [3.8, 4) is 11.5 Å². The number of benzene rings is 2. The van der Waals surface area contributed by atoms with Gasteiger partial charge in [-0.1, -0.05) is 6.92 Å². The first-order valence-electron chi connectivity index (χ1n) is 12.3. The monoisotopic (exact) mass is 486 g/mol. The number of ether oxygens (including phenoxy) is 3. The van der Waals surface area contributed by atoms with Crippen LogP contribution < -0.4 is 19.3 Å². The number of halogens is 1. The Hall–Kier alpha value is -3.00. The van der Waals surface area contributed by atoms with Crippen LogP contribution in [0.4, 0.5) is 15.8 Å². The lowest BCUT2D eigenvalue weighted by Gasteiger charge is -2.38. The van der Waals surface area contributed by atoms with Crippen LogP contribution in [0.25, 0.3) is 0 Å². The summed E-state index contributed by atoms with van der Waals surface area (Å²) in [6.07, 6.45) is 1.62. The van der Waals surface area contributed by atoms with Crippen LogP contribution in [0.15, 0.2) is 42.5 Å². The zero-order valence-corrected chi connectivity index (χ0v) is 20.7. The highest BCUT2D eigenvalue weighted by Crippen LogP contribution is 2.33. The number of aliphatic carboxylic acids is 1. The second kappa shape index (κ2) is 11.2. The molecule has 2 aliphatic rings. The van der Waals surface area contributed by atoms with Gasteiger partial charge >= 0.3 is 5.97 Å². The summed E-state index contributed by atoms with van der Waals surface area (Å²) in [7, 11) is 1.67. The summed E-state index contributed by atoms with van der Waals surface area (Å²) >= 11 is 0. The van der Waals surface area contributed by atoms with Crippen molar-refractivity contribution in [3.05, 3.63) is 48.3 Å². The van der Waals surface area contributed by atoms with Gasteiger partial charge in [0, 0.05) is 56.9 Å². The number of methoxy groups -OCH3 is 1. The molecule has 0 aliphatic carbocycles. The molecule has 0 amide bonds. The van der Waals surface area contributed by atoms with E-state index in [-0.39, 0.29) is 36.4 Å². The van der Waals surface area contributed by atoms with Gasteiger partial charge in [0.25, 0.3) is 0 Å². The SMILES string of the molecule is CCOc1ccc(F)c(N2CC[C@@H](Oc3ccc(N4C[C@H](OC)C[C@@H]4CC(=O)O)cc3)[C@H](C)C2)c1. The molecule has 4 rings (SSSR count). The minimum absolute atomic E-state index is 0.0275. The van der Waals surface area contributed by atoms with Crippen molar-refractivity contribution in [1.29, 1.82) is 0 Å². The number of anilines is 2. The molecular formula is C27H35FN2O5. The summed E-state index contributed by atoms with van der Waals surface area (Å²) in [5.74, 6) is 0.617. The molecule has 0 radical (unpaired) electrons. The largest absolute Gasteiger partial charge is 0.494 e. The third-order valence-corrected chi connectivity index (χ3v) is 6.97. The van der Waals surface area contributed by atoms with Crippen molar-refractivity contribution in [1.82, 2.24) is 0 Å². The molecule has 0 aromatic heterocycles. The lowest BCUT2D eigenvalue weighted by Crippen LogP contribution is -2.44. The van der Waals surface area contributed by atoms with E-state index in [0.717, 1.165) is 17.9 Å². The average molecular weight is 487 g/mol. The van der Waals surface area contributed by atoms with E-state index in [1.54, 1.807) is 19.2 Å². The van der Waals surface area contributed by atoms with Gasteiger partial charge in [-0.25, -0.2) is 4.39 Å². The second-order valence-electron chi connectivity index (χ2n) is 9.41. The maximum atomic E-state index is 14.5. The zero-order chi connectivity index (χ0) is 24.9. The van der Waals surface area contributed by atoms with Gasteiger partial charge in [-0.15, -0.1) is 0 Å². The summed E-state index contributed by atoms with van der Waals surface area (Å²) < 4.78 is 31.8. The molecule has 0 unspecified atom stereocenters. The fraction of sp³-hybridized carbons (Fsp3) is 0.519. The van der Waals surface area contributed by atoms with Gasteiger partial charge < -0.3 is 29.1 Å². The number of carboxylic acids is 1. The molecule has 4 atom stereocenters. The lowest BCUT2D eigenvalue weighted by molar-refractivity contribution is -0.137. The Kier molecular flexibility index (Phi) is 8.00. The van der Waals surface area contributed by atoms with Crippen LogP contribution >= 0.6 is 0 Å². The van der Waals surface area contributed by atoms with Crippen molar-refractivity contribution >= 4 is 17.3 Å². The Morgan fingerprint density at radius 1 is 1.14 bits per heavy atom. The molecule has 7 nitrogen and oxygen atoms in total. The van der Waals surface area contributed by atoms with E-state index < -0.39 is 5.97 Å². The molecule has 2 aromatic rings. The van der Waals surface area contributed by atoms with Crippen LogP contribution in [-0.2, 0) is 9.53 Å². The molecule has 35 heavy (non-hydrogen) atoms. The molecule has 8 heteroatoms. The predicted octanol–water partition coefficient (Wildman–Crippen LogP) is 4.59. The Labute approximate surface area is 206 Å². The first-order valence-corrected chi connectivity index (χ1v) is 12.3. The maximum absolute atomic E-state index is 14.5. The van der Waals surface area contributed by atoms with E-state index in [1.807, 2.05) is 31.2 Å². The number of rotatable bonds is 9. The van der Waals surface area contributed by atoms with Gasteiger partial charge in [-0.3, -0.25) is 4.79 Å². The van der Waals surface area contributed by atoms with Crippen LogP contribution in [0.3, 0.4) is 0 Å². The highest BCUT2D eigenvalue weighted by Gasteiger charge is 2.34. The molecule has 2 fully saturated rings. The Morgan fingerprint density at radius 3 is 2.54 bits per heavy atom. The van der Waals surface area contributed by atoms with Crippen LogP contribution in [-0.4, -0.2) is 62.7 Å². The molecule has 0 bridgehead atoms. The Morgan fingerprint density at radius 2 is 1.89 bits per heavy atom. The number of carbonyl (C=O) groups is 1. The third-order valence-electron chi connectivity index (χ3n) is 6.97. The molecule has 2 aromatic carbocycles. The van der Waals surface area contributed by atoms with Crippen molar-refractivity contribution in [2.75, 3.05) is 43.2 Å². The van der Waals surface area contributed by atoms with E-state index in [9.17, 15) is 14.3 Å². The average Bonchev–Trinajstić information content (AvgIpc) is 3.24. The number of piperidine rings is 1. The minimum atomic E-state index is -0.804. The van der Waals surface area contributed by atoms with Gasteiger partial charge in [0.2, 0.25) is 0 Å². The molecule has 2 aliphatic heterocycles. The van der Waals surface area contributed by atoms with Crippen molar-refractivity contribution in [2.24, 2.45) is 5.92 Å². The zero-order valence-electron chi connectivity index (χ0n) is 20.7. The van der Waals surface area contributed by atoms with Gasteiger partial charge in [0.1, 0.15) is 23.4 Å². The van der Waals surface area contributed by atoms with E-state index >= 15 is 0 Å². The molecule has 2 heterocycles. The first-order chi connectivity index (χ1) is 16.9. The fourth-order valence-electron chi connectivity index (χ4n) is 5.16. The highest BCUT2D eigenvalue weighted by atomic mass is 19.1. The summed E-state index contributed by atoms with van der Waals surface area (Å²) in [6.45, 7) is 6.64. The molecule has 0 saturated carbocycles. The molecule has 190 valence electrons. The number of nitrogens with zero attached hydrogens (tertiary/aromatic N) is 2. The minimum Gasteiger partial charge on any atom is -0.494 e. The standard InChI is InChI=1S/C27H35FN2O5/c1-4-34-22-9-10-24(28)25(15-22)29-12-11-26(18(2)16-29)35-21-7-5-19(6-8-21)30-17-23(33-3)13-20(30)14-27(31)32/h5-10,15,18,20,23,26H,4,11-14,16-17H2,1-3H3,(H,31,32)/t18-,20-,23-,26-/m1/s1. The number of carboxylic acid groups (broad SMARTS) is 1. The smallest absolute Gasteiger partial charge is 0.305 e. The van der Waals surface area contributed by atoms with Gasteiger partial charge in [-0.2, -0.15) is 0 Å². The lowest BCUT2D eigenvalue weighted by atomic mass is 9.95. The van der Waals surface area contributed by atoms with Crippen LogP contribution in [0, 0.1) is 11.7 Å². The Balaban J connectivity index is 1.37. The summed E-state index contributed by atoms with van der Waals surface area (Å²) in [4.78, 5) is 15.5. The van der Waals surface area contributed by atoms with Crippen molar-refractivity contribution < 1.29 is 28.5 Å². The van der Waals surface area contributed by atoms with Crippen molar-refractivity contribution in [3.63, 3.8) is 0 Å². The molecular weight excluding hydrogens is 451 g/mol. The summed E-state index contributed by atoms with van der Waals surface area (Å²) in [6, 6.07) is 12.7. The second-order valence-corrected chi connectivity index (χ2v) is 9.41. The molecule has 1 N–H and O–H groups in total. The predicted molar refractivity (Wildman–Crippen MR) is 133 cm³/mol. The first kappa shape index (κ1) is 25.1. The topological polar surface area (TPSA) is 71.5 Å². The maximum Gasteiger partial charge on any atom is 0.305 e. The quantitative estimate of drug-likeness (QED) is 0.556. The van der Waals surface area contributed by atoms with E-state index in [0.29, 0.717) is 44.1 Å². The van der Waals surface area contributed by atoms with Crippen molar-refractivity contribution in [2.45, 2.75) is 51.4 Å². The normalized spacial score (nSPS) is 24.5. The van der Waals surface area contributed by atoms with E-state index in [2.05, 4.69) is 16.7 Å². The third kappa shape index (κ3) is 5.99. The van der Waals surface area contributed by atoms with E-state index in [4.69, 9.17) is 14.2 Å². The van der Waals surface area contributed by atoms with Gasteiger partial charge in [0.15, 0.2) is 0 Å². The summed E-state index contributed by atoms with van der Waals surface area (Å²) in [5, 5.41) is 9.27. The fourth-order valence-corrected chi connectivity index (χ4v) is 5.16. The molecule has 0 spiro atoms. The summed E-state index contributed by atoms with van der Waals surface area (Å²) in [5.41, 5.74) is 1.54. The number of hydrogen-bond donors (Lipinski definition) is 1.